The van der Waals surface area contributed by atoms with Crippen LogP contribution in [0.25, 0.3) is 11.2 Å². The van der Waals surface area contributed by atoms with Gasteiger partial charge < -0.3 is 10.6 Å². The third kappa shape index (κ3) is 4.38. The number of carbonyl (C=O) groups excluding carboxylic acids is 1. The molecule has 3 aromatic heterocycles. The Morgan fingerprint density at radius 3 is 2.93 bits per heavy atom. The van der Waals surface area contributed by atoms with Gasteiger partial charge in [-0.05, 0) is 43.7 Å². The van der Waals surface area contributed by atoms with Gasteiger partial charge in [0.25, 0.3) is 5.91 Å². The first kappa shape index (κ1) is 19.4. The number of nitrogens with one attached hydrogen (secondary N) is 2. The number of fused-ring (bicyclic) bond motifs is 1. The minimum Gasteiger partial charge on any atom is -0.362 e. The molecule has 1 atom stereocenters. The van der Waals surface area contributed by atoms with Crippen molar-refractivity contribution in [3.63, 3.8) is 0 Å². The van der Waals surface area contributed by atoms with E-state index in [9.17, 15) is 4.79 Å². The molecule has 9 heteroatoms. The van der Waals surface area contributed by atoms with Crippen LogP contribution in [0.2, 0.25) is 4.34 Å². The van der Waals surface area contributed by atoms with E-state index in [4.69, 9.17) is 11.6 Å². The summed E-state index contributed by atoms with van der Waals surface area (Å²) in [5.41, 5.74) is 3.10. The molecule has 7 nitrogen and oxygen atoms in total. The number of hydrogen-bond donors (Lipinski definition) is 2. The number of nitrogens with zero attached hydrogens (tertiary/aromatic N) is 4. The number of aryl methyl sites for hydroxylation is 1. The number of carbonyl (C=O) groups is 1. The lowest BCUT2D eigenvalue weighted by molar-refractivity contribution is 0.103. The van der Waals surface area contributed by atoms with Gasteiger partial charge in [-0.25, -0.2) is 9.97 Å². The summed E-state index contributed by atoms with van der Waals surface area (Å²) in [5, 5.41) is 10.6. The predicted octanol–water partition coefficient (Wildman–Crippen LogP) is 4.99. The van der Waals surface area contributed by atoms with Gasteiger partial charge in [0.2, 0.25) is 5.65 Å². The number of hydrogen-bond acceptors (Lipinski definition) is 6. The van der Waals surface area contributed by atoms with Gasteiger partial charge in [-0.3, -0.25) is 9.48 Å². The van der Waals surface area contributed by atoms with Gasteiger partial charge in [0, 0.05) is 12.2 Å². The van der Waals surface area contributed by atoms with Gasteiger partial charge in [-0.15, -0.1) is 11.3 Å². The highest BCUT2D eigenvalue weighted by Gasteiger charge is 2.12. The van der Waals surface area contributed by atoms with Crippen molar-refractivity contribution in [3.05, 3.63) is 63.6 Å². The number of thiophene rings is 1. The van der Waals surface area contributed by atoms with Crippen molar-refractivity contribution in [1.29, 1.82) is 0 Å². The lowest BCUT2D eigenvalue weighted by Gasteiger charge is -2.16. The Labute approximate surface area is 176 Å². The van der Waals surface area contributed by atoms with Crippen LogP contribution in [-0.2, 0) is 6.54 Å². The molecule has 0 unspecified atom stereocenters. The maximum absolute atomic E-state index is 12.3. The lowest BCUT2D eigenvalue weighted by atomic mass is 10.1. The molecule has 4 aromatic rings. The molecular formula is C20H19ClN6OS. The minimum absolute atomic E-state index is 0.0388. The Hall–Kier alpha value is -2.97. The van der Waals surface area contributed by atoms with Crippen molar-refractivity contribution < 1.29 is 4.79 Å². The predicted molar refractivity (Wildman–Crippen MR) is 117 cm³/mol. The molecule has 0 bridgehead atoms. The molecule has 1 aromatic carbocycles. The van der Waals surface area contributed by atoms with Crippen molar-refractivity contribution in [1.82, 2.24) is 19.7 Å². The van der Waals surface area contributed by atoms with E-state index in [-0.39, 0.29) is 11.9 Å². The van der Waals surface area contributed by atoms with E-state index in [0.717, 1.165) is 17.6 Å². The molecule has 0 spiro atoms. The van der Waals surface area contributed by atoms with Gasteiger partial charge in [0.15, 0.2) is 0 Å². The number of rotatable bonds is 6. The Kier molecular flexibility index (Phi) is 5.46. The van der Waals surface area contributed by atoms with Gasteiger partial charge in [0.05, 0.1) is 27.6 Å². The zero-order chi connectivity index (χ0) is 20.4. The number of aromatic nitrogens is 4. The molecule has 148 valence electrons. The molecule has 1 amide bonds. The van der Waals surface area contributed by atoms with Gasteiger partial charge in [-0.2, -0.15) is 5.10 Å². The van der Waals surface area contributed by atoms with Crippen LogP contribution in [0.3, 0.4) is 0 Å². The molecular weight excluding hydrogens is 408 g/mol. The SMILES string of the molecule is CCn1cc2ncc(N[C@@H](C)c3cccc(NC(=O)c4ccc(Cl)s4)c3)nc2n1. The van der Waals surface area contributed by atoms with Crippen LogP contribution in [0.1, 0.15) is 35.1 Å². The van der Waals surface area contributed by atoms with Crippen molar-refractivity contribution in [3.8, 4) is 0 Å². The summed E-state index contributed by atoms with van der Waals surface area (Å²) >= 11 is 7.16. The average molecular weight is 427 g/mol. The smallest absolute Gasteiger partial charge is 0.265 e. The van der Waals surface area contributed by atoms with Gasteiger partial charge in [0.1, 0.15) is 11.3 Å². The quantitative estimate of drug-likeness (QED) is 0.454. The zero-order valence-corrected chi connectivity index (χ0v) is 17.5. The van der Waals surface area contributed by atoms with Crippen LogP contribution in [0.5, 0.6) is 0 Å². The van der Waals surface area contributed by atoms with Gasteiger partial charge >= 0.3 is 0 Å². The van der Waals surface area contributed by atoms with E-state index in [1.165, 1.54) is 11.3 Å². The Morgan fingerprint density at radius 1 is 1.31 bits per heavy atom. The van der Waals surface area contributed by atoms with E-state index in [0.29, 0.717) is 26.4 Å². The first-order valence-corrected chi connectivity index (χ1v) is 10.3. The van der Waals surface area contributed by atoms with E-state index >= 15 is 0 Å². The fourth-order valence-corrected chi connectivity index (χ4v) is 3.83. The van der Waals surface area contributed by atoms with Crippen molar-refractivity contribution in [2.45, 2.75) is 26.4 Å². The van der Waals surface area contributed by atoms with E-state index in [1.54, 1.807) is 18.3 Å². The molecule has 0 aliphatic carbocycles. The summed E-state index contributed by atoms with van der Waals surface area (Å²) in [6.45, 7) is 4.82. The number of amides is 1. The molecule has 0 radical (unpaired) electrons. The molecule has 0 aliphatic rings. The Bertz CT molecular complexity index is 1170. The topological polar surface area (TPSA) is 84.7 Å². The fourth-order valence-electron chi connectivity index (χ4n) is 2.90. The summed E-state index contributed by atoms with van der Waals surface area (Å²) in [4.78, 5) is 21.9. The third-order valence-electron chi connectivity index (χ3n) is 4.41. The van der Waals surface area contributed by atoms with Crippen LogP contribution in [0.4, 0.5) is 11.5 Å². The van der Waals surface area contributed by atoms with Crippen molar-refractivity contribution in [2.24, 2.45) is 0 Å². The van der Waals surface area contributed by atoms with Crippen LogP contribution in [0.15, 0.2) is 48.8 Å². The summed E-state index contributed by atoms with van der Waals surface area (Å²) in [6.07, 6.45) is 3.58. The Balaban J connectivity index is 1.48. The molecule has 0 saturated heterocycles. The second-order valence-electron chi connectivity index (χ2n) is 6.50. The van der Waals surface area contributed by atoms with Gasteiger partial charge in [-0.1, -0.05) is 23.7 Å². The summed E-state index contributed by atoms with van der Waals surface area (Å²) in [6, 6.07) is 11.1. The minimum atomic E-state index is -0.178. The second-order valence-corrected chi connectivity index (χ2v) is 8.21. The average Bonchev–Trinajstić information content (AvgIpc) is 3.33. The van der Waals surface area contributed by atoms with Crippen LogP contribution < -0.4 is 10.6 Å². The maximum atomic E-state index is 12.3. The maximum Gasteiger partial charge on any atom is 0.265 e. The highest BCUT2D eigenvalue weighted by atomic mass is 35.5. The summed E-state index contributed by atoms with van der Waals surface area (Å²) in [5.74, 6) is 0.469. The fraction of sp³-hybridized carbons (Fsp3) is 0.200. The van der Waals surface area contributed by atoms with E-state index in [1.807, 2.05) is 49.0 Å². The highest BCUT2D eigenvalue weighted by Crippen LogP contribution is 2.24. The van der Waals surface area contributed by atoms with Crippen LogP contribution in [-0.4, -0.2) is 25.7 Å². The molecule has 2 N–H and O–H groups in total. The lowest BCUT2D eigenvalue weighted by Crippen LogP contribution is -2.12. The monoisotopic (exact) mass is 426 g/mol. The standard InChI is InChI=1S/C20H19ClN6OS/c1-3-27-11-15-19(26-27)25-18(10-22-15)23-12(2)13-5-4-6-14(9-13)24-20(28)16-7-8-17(21)29-16/h4-12H,3H2,1-2H3,(H,24,28)(H,23,25,26)/t12-/m0/s1. The molecule has 3 heterocycles. The second kappa shape index (κ2) is 8.18. The first-order valence-electron chi connectivity index (χ1n) is 9.15. The molecule has 0 fully saturated rings. The number of anilines is 2. The largest absolute Gasteiger partial charge is 0.362 e. The van der Waals surface area contributed by atoms with Crippen LogP contribution in [0, 0.1) is 0 Å². The molecule has 0 saturated carbocycles. The van der Waals surface area contributed by atoms with Crippen molar-refractivity contribution >= 4 is 51.5 Å². The molecule has 29 heavy (non-hydrogen) atoms. The number of halogens is 1. The highest BCUT2D eigenvalue weighted by molar-refractivity contribution is 7.18. The van der Waals surface area contributed by atoms with Crippen LogP contribution >= 0.6 is 22.9 Å². The Morgan fingerprint density at radius 2 is 2.17 bits per heavy atom. The van der Waals surface area contributed by atoms with Crippen molar-refractivity contribution in [2.75, 3.05) is 10.6 Å². The van der Waals surface area contributed by atoms with E-state index < -0.39 is 0 Å². The summed E-state index contributed by atoms with van der Waals surface area (Å²) in [7, 11) is 0. The third-order valence-corrected chi connectivity index (χ3v) is 5.64. The normalized spacial score (nSPS) is 12.1. The zero-order valence-electron chi connectivity index (χ0n) is 15.9. The molecule has 4 rings (SSSR count). The number of benzene rings is 1. The summed E-state index contributed by atoms with van der Waals surface area (Å²) < 4.78 is 2.40. The molecule has 0 aliphatic heterocycles. The first-order chi connectivity index (χ1) is 14.0. The van der Waals surface area contributed by atoms with E-state index in [2.05, 4.69) is 25.7 Å².